The third-order valence-electron chi connectivity index (χ3n) is 6.82. The maximum absolute atomic E-state index is 13.6. The van der Waals surface area contributed by atoms with Crippen molar-refractivity contribution in [2.45, 2.75) is 37.2 Å². The fraction of sp³-hybridized carbons (Fsp3) is 0.250. The van der Waals surface area contributed by atoms with Crippen LogP contribution < -0.4 is 14.5 Å². The predicted molar refractivity (Wildman–Crippen MR) is 145 cm³/mol. The Morgan fingerprint density at radius 3 is 2.61 bits per heavy atom. The number of carbonyl (C=O) groups excluding carboxylic acids is 1. The van der Waals surface area contributed by atoms with Crippen LogP contribution in [0.5, 0.6) is 5.75 Å². The molecule has 1 amide bonds. The summed E-state index contributed by atoms with van der Waals surface area (Å²) >= 11 is 1.13. The Balaban J connectivity index is 1.53. The summed E-state index contributed by atoms with van der Waals surface area (Å²) in [7, 11) is 0.177. The average Bonchev–Trinajstić information content (AvgIpc) is 3.64. The second-order valence-electron chi connectivity index (χ2n) is 9.45. The van der Waals surface area contributed by atoms with Gasteiger partial charge in [0.2, 0.25) is 0 Å². The normalized spacial score (nSPS) is 16.7. The third-order valence-corrected chi connectivity index (χ3v) is 8.51. The first-order valence-corrected chi connectivity index (χ1v) is 14.4. The minimum absolute atomic E-state index is 0.289. The van der Waals surface area contributed by atoms with Crippen molar-refractivity contribution in [3.8, 4) is 5.75 Å². The molecule has 7 nitrogen and oxygen atoms in total. The Morgan fingerprint density at radius 2 is 1.92 bits per heavy atom. The Kier molecular flexibility index (Phi) is 6.41. The van der Waals surface area contributed by atoms with E-state index in [-0.39, 0.29) is 17.6 Å². The number of benzene rings is 3. The average molecular weight is 553 g/mol. The summed E-state index contributed by atoms with van der Waals surface area (Å²) in [6.07, 6.45) is 3.67. The van der Waals surface area contributed by atoms with Gasteiger partial charge >= 0.3 is 0 Å². The zero-order chi connectivity index (χ0) is 26.6. The lowest BCUT2D eigenvalue weighted by Crippen LogP contribution is -2.24. The van der Waals surface area contributed by atoms with E-state index in [9.17, 15) is 13.4 Å². The number of nitrogens with one attached hydrogen (secondary N) is 1. The molecule has 196 valence electrons. The highest BCUT2D eigenvalue weighted by molar-refractivity contribution is 7.95. The van der Waals surface area contributed by atoms with Gasteiger partial charge in [0.25, 0.3) is 5.91 Å². The molecule has 10 heteroatoms. The molecule has 0 spiro atoms. The number of aryl methyl sites for hydroxylation is 1. The zero-order valence-electron chi connectivity index (χ0n) is 21.0. The van der Waals surface area contributed by atoms with E-state index in [1.807, 2.05) is 35.5 Å². The number of likely N-dealkylation sites (N-methyl/N-ethyl adjacent to an activating group) is 1. The van der Waals surface area contributed by atoms with Gasteiger partial charge in [-0.1, -0.05) is 0 Å². The van der Waals surface area contributed by atoms with Crippen molar-refractivity contribution in [2.24, 2.45) is 0 Å². The molecule has 3 aromatic carbocycles. The SMILES string of the molecule is CNC(=O)C1=C(c2ccc(F)cc2)OSc2cc(N(c3cc(C)c4c(c3)COO4)S(C)=O)c(C3CC3)cc21. The summed E-state index contributed by atoms with van der Waals surface area (Å²) in [4.78, 5) is 24.3. The highest BCUT2D eigenvalue weighted by atomic mass is 32.2. The van der Waals surface area contributed by atoms with Crippen molar-refractivity contribution in [1.29, 1.82) is 0 Å². The van der Waals surface area contributed by atoms with E-state index in [1.165, 1.54) is 12.1 Å². The number of nitrogens with zero attached hydrogens (tertiary/aromatic N) is 1. The minimum atomic E-state index is -1.39. The summed E-state index contributed by atoms with van der Waals surface area (Å²) in [5.74, 6) is 0.692. The zero-order valence-corrected chi connectivity index (χ0v) is 22.6. The molecule has 1 unspecified atom stereocenters. The summed E-state index contributed by atoms with van der Waals surface area (Å²) in [5, 5.41) is 2.72. The predicted octanol–water partition coefficient (Wildman–Crippen LogP) is 5.92. The van der Waals surface area contributed by atoms with Crippen molar-refractivity contribution in [1.82, 2.24) is 5.32 Å². The molecule has 1 atom stereocenters. The highest BCUT2D eigenvalue weighted by Crippen LogP contribution is 2.52. The molecule has 1 fully saturated rings. The van der Waals surface area contributed by atoms with Crippen LogP contribution in [0.4, 0.5) is 15.8 Å². The van der Waals surface area contributed by atoms with Gasteiger partial charge in [-0.3, -0.25) is 9.10 Å². The molecule has 0 saturated heterocycles. The van der Waals surface area contributed by atoms with Crippen molar-refractivity contribution >= 4 is 51.6 Å². The lowest BCUT2D eigenvalue weighted by atomic mass is 9.95. The Morgan fingerprint density at radius 1 is 1.16 bits per heavy atom. The lowest BCUT2D eigenvalue weighted by molar-refractivity contribution is -0.194. The maximum Gasteiger partial charge on any atom is 0.255 e. The molecular formula is C28H25FN2O5S2. The van der Waals surface area contributed by atoms with Gasteiger partial charge in [0.05, 0.1) is 33.9 Å². The van der Waals surface area contributed by atoms with Crippen LogP contribution in [0.25, 0.3) is 11.3 Å². The van der Waals surface area contributed by atoms with Crippen LogP contribution in [-0.2, 0) is 31.5 Å². The number of hydrogen-bond acceptors (Lipinski definition) is 6. The Labute approximate surface area is 226 Å². The summed E-state index contributed by atoms with van der Waals surface area (Å²) in [6, 6.07) is 13.7. The van der Waals surface area contributed by atoms with E-state index in [1.54, 1.807) is 25.4 Å². The number of amides is 1. The van der Waals surface area contributed by atoms with Crippen LogP contribution in [0.2, 0.25) is 0 Å². The van der Waals surface area contributed by atoms with Crippen LogP contribution in [-0.4, -0.2) is 23.4 Å². The maximum atomic E-state index is 13.6. The molecule has 2 aliphatic heterocycles. The van der Waals surface area contributed by atoms with Gasteiger partial charge in [-0.15, -0.1) is 0 Å². The van der Waals surface area contributed by atoms with E-state index in [2.05, 4.69) is 5.32 Å². The number of fused-ring (bicyclic) bond motifs is 2. The molecule has 0 bridgehead atoms. The number of carbonyl (C=O) groups is 1. The summed E-state index contributed by atoms with van der Waals surface area (Å²) < 4.78 is 34.7. The number of rotatable bonds is 6. The van der Waals surface area contributed by atoms with Crippen LogP contribution in [0.1, 0.15) is 46.6 Å². The molecule has 38 heavy (non-hydrogen) atoms. The number of hydrogen-bond donors (Lipinski definition) is 1. The number of halogens is 1. The molecule has 0 aromatic heterocycles. The molecule has 3 aliphatic rings. The monoisotopic (exact) mass is 552 g/mol. The molecular weight excluding hydrogens is 527 g/mol. The first-order chi connectivity index (χ1) is 18.4. The van der Waals surface area contributed by atoms with Gasteiger partial charge in [0.1, 0.15) is 23.4 Å². The Bertz CT molecular complexity index is 1520. The van der Waals surface area contributed by atoms with Crippen LogP contribution in [0, 0.1) is 12.7 Å². The first kappa shape index (κ1) is 25.0. The van der Waals surface area contributed by atoms with Crippen LogP contribution in [0.3, 0.4) is 0 Å². The lowest BCUT2D eigenvalue weighted by Gasteiger charge is -2.29. The van der Waals surface area contributed by atoms with Gasteiger partial charge in [-0.05, 0) is 85.3 Å². The molecule has 3 aromatic rings. The summed E-state index contributed by atoms with van der Waals surface area (Å²) in [5.41, 5.74) is 6.11. The summed E-state index contributed by atoms with van der Waals surface area (Å²) in [6.45, 7) is 2.26. The second kappa shape index (κ2) is 9.76. The first-order valence-electron chi connectivity index (χ1n) is 12.2. The van der Waals surface area contributed by atoms with E-state index >= 15 is 0 Å². The minimum Gasteiger partial charge on any atom is -0.419 e. The fourth-order valence-corrected chi connectivity index (χ4v) is 6.49. The standard InChI is InChI=1S/C28H25FN2O5S2/c1-15-10-20(11-18-14-34-35-26(15)18)31(38(3)33)23-13-24-22(12-21(23)16-4-5-16)25(28(32)30-2)27(36-37-24)17-6-8-19(29)9-7-17/h6-13,16H,4-5,14H2,1-3H3,(H,30,32). The highest BCUT2D eigenvalue weighted by Gasteiger charge is 2.35. The number of anilines is 2. The van der Waals surface area contributed by atoms with Gasteiger partial charge in [0, 0.05) is 30.0 Å². The van der Waals surface area contributed by atoms with Crippen molar-refractivity contribution < 1.29 is 27.4 Å². The van der Waals surface area contributed by atoms with E-state index in [0.29, 0.717) is 29.3 Å². The molecule has 1 saturated carbocycles. The molecule has 2 heterocycles. The van der Waals surface area contributed by atoms with E-state index in [4.69, 9.17) is 14.0 Å². The molecule has 1 N–H and O–H groups in total. The molecule has 1 aliphatic carbocycles. The van der Waals surface area contributed by atoms with Gasteiger partial charge in [-0.25, -0.2) is 8.60 Å². The Hall–Kier alpha value is -3.34. The van der Waals surface area contributed by atoms with Crippen LogP contribution in [0.15, 0.2) is 53.4 Å². The topological polar surface area (TPSA) is 77.1 Å². The molecule has 6 rings (SSSR count). The van der Waals surface area contributed by atoms with E-state index in [0.717, 1.165) is 63.4 Å². The van der Waals surface area contributed by atoms with Crippen molar-refractivity contribution in [3.05, 3.63) is 82.2 Å². The second-order valence-corrected chi connectivity index (χ2v) is 11.4. The van der Waals surface area contributed by atoms with Gasteiger partial charge in [-0.2, -0.15) is 4.89 Å². The van der Waals surface area contributed by atoms with Crippen molar-refractivity contribution in [3.63, 3.8) is 0 Å². The van der Waals surface area contributed by atoms with Gasteiger partial charge in [0.15, 0.2) is 11.5 Å². The van der Waals surface area contributed by atoms with Gasteiger partial charge < -0.3 is 14.4 Å². The van der Waals surface area contributed by atoms with Crippen molar-refractivity contribution in [2.75, 3.05) is 17.6 Å². The smallest absolute Gasteiger partial charge is 0.255 e. The van der Waals surface area contributed by atoms with E-state index < -0.39 is 11.0 Å². The molecule has 0 radical (unpaired) electrons. The van der Waals surface area contributed by atoms with Crippen LogP contribution >= 0.6 is 12.0 Å². The quantitative estimate of drug-likeness (QED) is 0.302. The largest absolute Gasteiger partial charge is 0.419 e. The third kappa shape index (κ3) is 4.36. The fourth-order valence-electron chi connectivity index (χ4n) is 4.89.